The number of hydrogen-bond donors (Lipinski definition) is 2. The molecule has 10 heteroatoms. The number of nitrogens with zero attached hydrogens (tertiary/aromatic N) is 2. The van der Waals surface area contributed by atoms with Crippen LogP contribution in [0.3, 0.4) is 0 Å². The van der Waals surface area contributed by atoms with E-state index in [1.807, 2.05) is 0 Å². The summed E-state index contributed by atoms with van der Waals surface area (Å²) in [6, 6.07) is 1.08. The molecule has 2 aliphatic heterocycles. The van der Waals surface area contributed by atoms with Crippen molar-refractivity contribution in [1.29, 1.82) is 0 Å². The van der Waals surface area contributed by atoms with Crippen molar-refractivity contribution in [3.63, 3.8) is 0 Å². The summed E-state index contributed by atoms with van der Waals surface area (Å²) < 4.78 is 59.8. The highest BCUT2D eigenvalue weighted by molar-refractivity contribution is 5.77. The molecule has 0 unspecified atom stereocenters. The predicted octanol–water partition coefficient (Wildman–Crippen LogP) is 2.26. The van der Waals surface area contributed by atoms with Crippen molar-refractivity contribution in [2.24, 2.45) is 0 Å². The molecule has 0 atom stereocenters. The number of halogens is 4. The molecule has 2 aliphatic rings. The number of ether oxygens (including phenoxy) is 2. The van der Waals surface area contributed by atoms with Gasteiger partial charge in [0.15, 0.2) is 12.4 Å². The zero-order valence-electron chi connectivity index (χ0n) is 13.0. The van der Waals surface area contributed by atoms with Gasteiger partial charge in [-0.05, 0) is 23.8 Å². The van der Waals surface area contributed by atoms with Crippen LogP contribution in [-0.4, -0.2) is 36.5 Å². The van der Waals surface area contributed by atoms with E-state index in [4.69, 9.17) is 4.74 Å². The molecule has 0 saturated carbocycles. The average Bonchev–Trinajstić information content (AvgIpc) is 2.95. The SMILES string of the molecule is COCC1=C2C=C(c3cnc(OCC(F)(F)F)c(F)c3)C=CN2NN1. The van der Waals surface area contributed by atoms with Crippen molar-refractivity contribution in [3.8, 4) is 5.88 Å². The average molecular weight is 358 g/mol. The molecule has 0 aromatic carbocycles. The number of nitrogens with one attached hydrogen (secondary N) is 2. The van der Waals surface area contributed by atoms with Crippen LogP contribution < -0.4 is 15.7 Å². The first-order valence-electron chi connectivity index (χ1n) is 7.16. The van der Waals surface area contributed by atoms with Gasteiger partial charge < -0.3 is 14.9 Å². The smallest absolute Gasteiger partial charge is 0.422 e. The van der Waals surface area contributed by atoms with E-state index in [9.17, 15) is 17.6 Å². The van der Waals surface area contributed by atoms with E-state index in [2.05, 4.69) is 20.7 Å². The summed E-state index contributed by atoms with van der Waals surface area (Å²) in [6.07, 6.45) is 1.89. The highest BCUT2D eigenvalue weighted by atomic mass is 19.4. The molecule has 3 rings (SSSR count). The number of rotatable bonds is 5. The van der Waals surface area contributed by atoms with Gasteiger partial charge in [0.05, 0.1) is 18.0 Å². The standard InChI is InChI=1S/C15H14F4N4O2/c1-24-7-12-13-5-9(2-3-23(13)22-21-12)10-4-11(16)14(20-6-10)25-8-15(17,18)19/h2-6,21-22H,7-8H2,1H3. The summed E-state index contributed by atoms with van der Waals surface area (Å²) in [6.45, 7) is -1.26. The lowest BCUT2D eigenvalue weighted by molar-refractivity contribution is -0.154. The number of methoxy groups -OCH3 is 1. The van der Waals surface area contributed by atoms with Crippen molar-refractivity contribution in [3.05, 3.63) is 53.4 Å². The third-order valence-corrected chi connectivity index (χ3v) is 3.39. The zero-order valence-corrected chi connectivity index (χ0v) is 13.0. The number of aromatic nitrogens is 1. The second-order valence-corrected chi connectivity index (χ2v) is 5.23. The lowest BCUT2D eigenvalue weighted by Gasteiger charge is -2.19. The van der Waals surface area contributed by atoms with E-state index in [-0.39, 0.29) is 0 Å². The van der Waals surface area contributed by atoms with Crippen LogP contribution in [0.2, 0.25) is 0 Å². The number of allylic oxidation sites excluding steroid dienone is 3. The van der Waals surface area contributed by atoms with Gasteiger partial charge in [0, 0.05) is 25.1 Å². The van der Waals surface area contributed by atoms with Crippen molar-refractivity contribution < 1.29 is 27.0 Å². The van der Waals surface area contributed by atoms with Crippen LogP contribution in [0.15, 0.2) is 42.0 Å². The van der Waals surface area contributed by atoms with Crippen molar-refractivity contribution in [2.45, 2.75) is 6.18 Å². The fraction of sp³-hybridized carbons (Fsp3) is 0.267. The molecular formula is C15H14F4N4O2. The Balaban J connectivity index is 1.82. The quantitative estimate of drug-likeness (QED) is 0.788. The maximum Gasteiger partial charge on any atom is 0.422 e. The predicted molar refractivity (Wildman–Crippen MR) is 79.9 cm³/mol. The Morgan fingerprint density at radius 3 is 2.80 bits per heavy atom. The van der Waals surface area contributed by atoms with Crippen LogP contribution in [0.25, 0.3) is 5.57 Å². The topological polar surface area (TPSA) is 58.7 Å². The highest BCUT2D eigenvalue weighted by Crippen LogP contribution is 2.28. The summed E-state index contributed by atoms with van der Waals surface area (Å²) >= 11 is 0. The minimum atomic E-state index is -4.56. The lowest BCUT2D eigenvalue weighted by atomic mass is 10.0. The second kappa shape index (κ2) is 6.73. The van der Waals surface area contributed by atoms with E-state index < -0.39 is 24.5 Å². The molecule has 0 spiro atoms. The molecule has 25 heavy (non-hydrogen) atoms. The normalized spacial score (nSPS) is 16.7. The molecular weight excluding hydrogens is 344 g/mol. The number of hydrogen-bond acceptors (Lipinski definition) is 6. The molecule has 6 nitrogen and oxygen atoms in total. The molecule has 0 radical (unpaired) electrons. The van der Waals surface area contributed by atoms with Gasteiger partial charge in [-0.2, -0.15) is 13.2 Å². The van der Waals surface area contributed by atoms with Crippen LogP contribution in [-0.2, 0) is 4.74 Å². The fourth-order valence-electron chi connectivity index (χ4n) is 2.30. The monoisotopic (exact) mass is 358 g/mol. The van der Waals surface area contributed by atoms with Crippen LogP contribution in [0.1, 0.15) is 5.56 Å². The third kappa shape index (κ3) is 3.91. The molecule has 3 heterocycles. The van der Waals surface area contributed by atoms with E-state index in [1.54, 1.807) is 30.5 Å². The molecule has 0 bridgehead atoms. The largest absolute Gasteiger partial charge is 0.466 e. The summed E-state index contributed by atoms with van der Waals surface area (Å²) in [7, 11) is 1.56. The fourth-order valence-corrected chi connectivity index (χ4v) is 2.30. The zero-order chi connectivity index (χ0) is 18.0. The number of hydrazine groups is 2. The van der Waals surface area contributed by atoms with Crippen molar-refractivity contribution in [2.75, 3.05) is 20.3 Å². The van der Waals surface area contributed by atoms with Crippen LogP contribution in [0, 0.1) is 5.82 Å². The Hall–Kier alpha value is -2.59. The summed E-state index contributed by atoms with van der Waals surface area (Å²) in [5.41, 5.74) is 8.44. The Kier molecular flexibility index (Phi) is 4.64. The van der Waals surface area contributed by atoms with Crippen LogP contribution in [0.4, 0.5) is 17.6 Å². The van der Waals surface area contributed by atoms with Gasteiger partial charge in [-0.25, -0.2) is 9.37 Å². The third-order valence-electron chi connectivity index (χ3n) is 3.39. The number of alkyl halides is 3. The Bertz CT molecular complexity index is 758. The molecule has 0 amide bonds. The Labute approximate surface area is 140 Å². The summed E-state index contributed by atoms with van der Waals surface area (Å²) in [5, 5.41) is 1.71. The van der Waals surface area contributed by atoms with Crippen molar-refractivity contribution >= 4 is 5.57 Å². The molecule has 0 aliphatic carbocycles. The van der Waals surface area contributed by atoms with E-state index >= 15 is 0 Å². The minimum absolute atomic E-state index is 0.341. The van der Waals surface area contributed by atoms with Gasteiger partial charge in [-0.1, -0.05) is 0 Å². The maximum atomic E-state index is 14.0. The first kappa shape index (κ1) is 17.2. The Morgan fingerprint density at radius 1 is 1.32 bits per heavy atom. The van der Waals surface area contributed by atoms with Crippen molar-refractivity contribution in [1.82, 2.24) is 21.0 Å². The molecule has 0 fully saturated rings. The maximum absolute atomic E-state index is 14.0. The number of pyridine rings is 1. The van der Waals surface area contributed by atoms with Gasteiger partial charge in [0.1, 0.15) is 0 Å². The van der Waals surface area contributed by atoms with Gasteiger partial charge in [-0.15, -0.1) is 5.53 Å². The first-order chi connectivity index (χ1) is 11.9. The summed E-state index contributed by atoms with van der Waals surface area (Å²) in [5.74, 6) is -1.65. The van der Waals surface area contributed by atoms with Crippen LogP contribution >= 0.6 is 0 Å². The number of fused-ring (bicyclic) bond motifs is 1. The second-order valence-electron chi connectivity index (χ2n) is 5.23. The minimum Gasteiger partial charge on any atom is -0.466 e. The van der Waals surface area contributed by atoms with Crippen LogP contribution in [0.5, 0.6) is 5.88 Å². The Morgan fingerprint density at radius 2 is 2.12 bits per heavy atom. The highest BCUT2D eigenvalue weighted by Gasteiger charge is 2.29. The van der Waals surface area contributed by atoms with Gasteiger partial charge in [0.2, 0.25) is 0 Å². The molecule has 0 saturated heterocycles. The summed E-state index contributed by atoms with van der Waals surface area (Å²) in [4.78, 5) is 3.64. The first-order valence-corrected chi connectivity index (χ1v) is 7.16. The van der Waals surface area contributed by atoms with E-state index in [0.717, 1.165) is 17.5 Å². The molecule has 1 aromatic rings. The van der Waals surface area contributed by atoms with E-state index in [0.29, 0.717) is 17.7 Å². The van der Waals surface area contributed by atoms with Gasteiger partial charge >= 0.3 is 6.18 Å². The molecule has 1 aromatic heterocycles. The van der Waals surface area contributed by atoms with Gasteiger partial charge in [-0.3, -0.25) is 5.01 Å². The lowest BCUT2D eigenvalue weighted by Crippen LogP contribution is -2.34. The van der Waals surface area contributed by atoms with Gasteiger partial charge in [0.25, 0.3) is 5.88 Å². The van der Waals surface area contributed by atoms with E-state index in [1.165, 1.54) is 6.20 Å². The molecule has 2 N–H and O–H groups in total. The molecule has 134 valence electrons.